The Balaban J connectivity index is 1.27. The van der Waals surface area contributed by atoms with Gasteiger partial charge in [0, 0.05) is 30.7 Å². The summed E-state index contributed by atoms with van der Waals surface area (Å²) in [6.45, 7) is 0.363. The maximum atomic E-state index is 12.5. The molecule has 0 aliphatic heterocycles. The lowest BCUT2D eigenvalue weighted by Gasteiger charge is -2.11. The molecule has 0 bridgehead atoms. The fraction of sp³-hybridized carbons (Fsp3) is 0.0435. The predicted octanol–water partition coefficient (Wildman–Crippen LogP) is 4.87. The van der Waals surface area contributed by atoms with Crippen molar-refractivity contribution in [3.8, 4) is 16.4 Å². The quantitative estimate of drug-likeness (QED) is 0.420. The van der Waals surface area contributed by atoms with Crippen LogP contribution in [0.1, 0.15) is 5.56 Å². The number of aromatic nitrogens is 4. The molecule has 8 heteroatoms. The van der Waals surface area contributed by atoms with Gasteiger partial charge in [-0.15, -0.1) is 11.3 Å². The Kier molecular flexibility index (Phi) is 5.12. The normalized spacial score (nSPS) is 10.8. The van der Waals surface area contributed by atoms with E-state index in [9.17, 15) is 4.79 Å². The van der Waals surface area contributed by atoms with Crippen LogP contribution in [0.5, 0.6) is 0 Å². The number of urea groups is 1. The number of anilines is 1. The van der Waals surface area contributed by atoms with Crippen LogP contribution in [0.15, 0.2) is 85.3 Å². The number of hydrogen-bond acceptors (Lipinski definition) is 5. The summed E-state index contributed by atoms with van der Waals surface area (Å²) in [5, 5.41) is 10.8. The molecule has 0 aliphatic carbocycles. The van der Waals surface area contributed by atoms with Crippen molar-refractivity contribution >= 4 is 33.3 Å². The maximum Gasteiger partial charge on any atom is 0.319 e. The number of amides is 2. The second-order valence-electron chi connectivity index (χ2n) is 6.82. The lowest BCUT2D eigenvalue weighted by atomic mass is 10.2. The van der Waals surface area contributed by atoms with Gasteiger partial charge >= 0.3 is 6.03 Å². The average molecular weight is 427 g/mol. The van der Waals surface area contributed by atoms with Gasteiger partial charge in [0.25, 0.3) is 0 Å². The van der Waals surface area contributed by atoms with Crippen LogP contribution in [0.2, 0.25) is 0 Å². The zero-order valence-corrected chi connectivity index (χ0v) is 17.2. The average Bonchev–Trinajstić information content (AvgIpc) is 3.48. The highest BCUT2D eigenvalue weighted by molar-refractivity contribution is 7.21. The van der Waals surface area contributed by atoms with Crippen LogP contribution >= 0.6 is 11.3 Å². The number of thiazole rings is 1. The van der Waals surface area contributed by atoms with Gasteiger partial charge in [0.2, 0.25) is 0 Å². The SMILES string of the molecule is O=C(NCc1ccc(-n2cccn2)nc1)Nc1ccccc1-c1nc2ccccc2s1. The van der Waals surface area contributed by atoms with Gasteiger partial charge in [-0.3, -0.25) is 0 Å². The molecule has 2 N–H and O–H groups in total. The molecule has 0 spiro atoms. The third-order valence-corrected chi connectivity index (χ3v) is 5.77. The molecular formula is C23H18N6OS. The van der Waals surface area contributed by atoms with E-state index in [2.05, 4.69) is 20.7 Å². The Morgan fingerprint density at radius 3 is 2.68 bits per heavy atom. The Hall–Kier alpha value is -4.04. The van der Waals surface area contributed by atoms with Crippen molar-refractivity contribution in [3.05, 3.63) is 90.9 Å². The number of nitrogens with zero attached hydrogens (tertiary/aromatic N) is 4. The van der Waals surface area contributed by atoms with Crippen LogP contribution in [0.3, 0.4) is 0 Å². The second kappa shape index (κ2) is 8.37. The van der Waals surface area contributed by atoms with Gasteiger partial charge in [-0.1, -0.05) is 30.3 Å². The smallest absolute Gasteiger partial charge is 0.319 e. The van der Waals surface area contributed by atoms with E-state index >= 15 is 0 Å². The first-order chi connectivity index (χ1) is 15.3. The Labute approximate surface area is 182 Å². The van der Waals surface area contributed by atoms with Gasteiger partial charge in [-0.25, -0.2) is 19.4 Å². The molecule has 2 amide bonds. The monoisotopic (exact) mass is 426 g/mol. The second-order valence-corrected chi connectivity index (χ2v) is 7.85. The molecule has 3 aromatic heterocycles. The van der Waals surface area contributed by atoms with Crippen LogP contribution in [0.4, 0.5) is 10.5 Å². The number of pyridine rings is 1. The van der Waals surface area contributed by atoms with Crippen LogP contribution in [0.25, 0.3) is 26.6 Å². The van der Waals surface area contributed by atoms with Crippen LogP contribution in [-0.4, -0.2) is 25.8 Å². The minimum Gasteiger partial charge on any atom is -0.334 e. The molecule has 0 saturated heterocycles. The first-order valence-electron chi connectivity index (χ1n) is 9.71. The number of benzene rings is 2. The van der Waals surface area contributed by atoms with E-state index in [0.29, 0.717) is 12.2 Å². The van der Waals surface area contributed by atoms with E-state index in [0.717, 1.165) is 32.2 Å². The summed E-state index contributed by atoms with van der Waals surface area (Å²) in [6, 6.07) is 21.0. The minimum atomic E-state index is -0.287. The van der Waals surface area contributed by atoms with Crippen molar-refractivity contribution in [2.45, 2.75) is 6.54 Å². The molecule has 0 atom stereocenters. The van der Waals surface area contributed by atoms with E-state index in [1.165, 1.54) is 0 Å². The lowest BCUT2D eigenvalue weighted by molar-refractivity contribution is 0.251. The molecule has 0 radical (unpaired) electrons. The van der Waals surface area contributed by atoms with E-state index in [4.69, 9.17) is 4.98 Å². The Morgan fingerprint density at radius 2 is 1.87 bits per heavy atom. The van der Waals surface area contributed by atoms with Gasteiger partial charge in [0.05, 0.1) is 15.9 Å². The van der Waals surface area contributed by atoms with E-state index in [-0.39, 0.29) is 6.03 Å². The highest BCUT2D eigenvalue weighted by atomic mass is 32.1. The van der Waals surface area contributed by atoms with Crippen molar-refractivity contribution in [2.24, 2.45) is 0 Å². The van der Waals surface area contributed by atoms with Crippen LogP contribution < -0.4 is 10.6 Å². The summed E-state index contributed by atoms with van der Waals surface area (Å²) in [4.78, 5) is 21.6. The molecular weight excluding hydrogens is 408 g/mol. The van der Waals surface area contributed by atoms with Crippen molar-refractivity contribution in [1.29, 1.82) is 0 Å². The molecule has 3 heterocycles. The number of carbonyl (C=O) groups is 1. The number of rotatable bonds is 5. The van der Waals surface area contributed by atoms with Crippen LogP contribution in [-0.2, 0) is 6.54 Å². The van der Waals surface area contributed by atoms with Gasteiger partial charge in [0.1, 0.15) is 5.01 Å². The largest absolute Gasteiger partial charge is 0.334 e. The van der Waals surface area contributed by atoms with E-state index < -0.39 is 0 Å². The third-order valence-electron chi connectivity index (χ3n) is 4.70. The summed E-state index contributed by atoms with van der Waals surface area (Å²) in [6.07, 6.45) is 5.26. The fourth-order valence-corrected chi connectivity index (χ4v) is 4.18. The minimum absolute atomic E-state index is 0.287. The van der Waals surface area contributed by atoms with Gasteiger partial charge < -0.3 is 10.6 Å². The fourth-order valence-electron chi connectivity index (χ4n) is 3.18. The van der Waals surface area contributed by atoms with Crippen molar-refractivity contribution in [2.75, 3.05) is 5.32 Å². The first-order valence-corrected chi connectivity index (χ1v) is 10.5. The number of carbonyl (C=O) groups excluding carboxylic acids is 1. The highest BCUT2D eigenvalue weighted by Crippen LogP contribution is 2.34. The molecule has 5 rings (SSSR count). The lowest BCUT2D eigenvalue weighted by Crippen LogP contribution is -2.28. The number of para-hydroxylation sites is 2. The zero-order valence-electron chi connectivity index (χ0n) is 16.4. The summed E-state index contributed by atoms with van der Waals surface area (Å²) < 4.78 is 2.80. The summed E-state index contributed by atoms with van der Waals surface area (Å²) in [5.41, 5.74) is 3.45. The first kappa shape index (κ1) is 19.0. The van der Waals surface area contributed by atoms with Crippen molar-refractivity contribution < 1.29 is 4.79 Å². The Bertz CT molecular complexity index is 1290. The number of hydrogen-bond donors (Lipinski definition) is 2. The summed E-state index contributed by atoms with van der Waals surface area (Å²) in [5.74, 6) is 0.725. The maximum absolute atomic E-state index is 12.5. The topological polar surface area (TPSA) is 84.7 Å². The molecule has 31 heavy (non-hydrogen) atoms. The highest BCUT2D eigenvalue weighted by Gasteiger charge is 2.12. The molecule has 0 saturated carbocycles. The van der Waals surface area contributed by atoms with Crippen LogP contribution in [0, 0.1) is 0 Å². The van der Waals surface area contributed by atoms with Gasteiger partial charge in [-0.2, -0.15) is 5.10 Å². The Morgan fingerprint density at radius 1 is 1.00 bits per heavy atom. The zero-order chi connectivity index (χ0) is 21.0. The molecule has 0 aliphatic rings. The third kappa shape index (κ3) is 4.15. The number of nitrogens with one attached hydrogen (secondary N) is 2. The molecule has 152 valence electrons. The molecule has 0 fully saturated rings. The summed E-state index contributed by atoms with van der Waals surface area (Å²) in [7, 11) is 0. The number of fused-ring (bicyclic) bond motifs is 1. The van der Waals surface area contributed by atoms with Crippen molar-refractivity contribution in [3.63, 3.8) is 0 Å². The molecule has 2 aromatic carbocycles. The van der Waals surface area contributed by atoms with Crippen molar-refractivity contribution in [1.82, 2.24) is 25.1 Å². The standard InChI is InChI=1S/C23H18N6OS/c30-23(25-15-16-10-11-21(24-14-16)29-13-5-12-26-29)28-18-7-2-1-6-17(18)22-27-19-8-3-4-9-20(19)31-22/h1-14H,15H2,(H2,25,28,30). The van der Waals surface area contributed by atoms with Gasteiger partial charge in [-0.05, 0) is 42.0 Å². The van der Waals surface area contributed by atoms with Gasteiger partial charge in [0.15, 0.2) is 5.82 Å². The van der Waals surface area contributed by atoms with E-state index in [1.54, 1.807) is 28.4 Å². The molecule has 5 aromatic rings. The summed E-state index contributed by atoms with van der Waals surface area (Å²) >= 11 is 1.60. The molecule has 0 unspecified atom stereocenters. The van der Waals surface area contributed by atoms with E-state index in [1.807, 2.05) is 72.9 Å². The predicted molar refractivity (Wildman–Crippen MR) is 122 cm³/mol. The molecule has 7 nitrogen and oxygen atoms in total.